The first-order valence-corrected chi connectivity index (χ1v) is 6.73. The standard InChI is InChI=1S/C13H20INO/c1-10(2)8-11-9-12(4-5-13(11)14)15(3)6-7-16/h4-5,9-10,16H,6-8H2,1-3H3. The summed E-state index contributed by atoms with van der Waals surface area (Å²) in [6, 6.07) is 6.50. The molecule has 0 radical (unpaired) electrons. The molecule has 0 aliphatic heterocycles. The molecule has 0 bridgehead atoms. The zero-order valence-corrected chi connectivity index (χ0v) is 12.4. The average molecular weight is 333 g/mol. The average Bonchev–Trinajstić information content (AvgIpc) is 2.21. The molecule has 0 saturated heterocycles. The number of likely N-dealkylation sites (N-methyl/N-ethyl adjacent to an activating group) is 1. The number of aliphatic hydroxyl groups is 1. The lowest BCUT2D eigenvalue weighted by molar-refractivity contribution is 0.304. The monoisotopic (exact) mass is 333 g/mol. The Labute approximate surface area is 112 Å². The largest absolute Gasteiger partial charge is 0.395 e. The van der Waals surface area contributed by atoms with Crippen LogP contribution >= 0.6 is 22.6 Å². The van der Waals surface area contributed by atoms with E-state index >= 15 is 0 Å². The Morgan fingerprint density at radius 3 is 2.62 bits per heavy atom. The quantitative estimate of drug-likeness (QED) is 0.838. The van der Waals surface area contributed by atoms with Crippen LogP contribution in [0, 0.1) is 9.49 Å². The van der Waals surface area contributed by atoms with Crippen LogP contribution < -0.4 is 4.90 Å². The van der Waals surface area contributed by atoms with Gasteiger partial charge in [-0.2, -0.15) is 0 Å². The second-order valence-corrected chi connectivity index (χ2v) is 5.68. The first-order chi connectivity index (χ1) is 7.54. The molecule has 0 saturated carbocycles. The minimum absolute atomic E-state index is 0.196. The molecule has 90 valence electrons. The second kappa shape index (κ2) is 6.45. The minimum Gasteiger partial charge on any atom is -0.395 e. The van der Waals surface area contributed by atoms with Crippen molar-refractivity contribution >= 4 is 28.3 Å². The molecule has 0 unspecified atom stereocenters. The van der Waals surface area contributed by atoms with Crippen LogP contribution in [-0.4, -0.2) is 25.3 Å². The smallest absolute Gasteiger partial charge is 0.0606 e. The van der Waals surface area contributed by atoms with E-state index in [0.29, 0.717) is 12.5 Å². The highest BCUT2D eigenvalue weighted by molar-refractivity contribution is 14.1. The predicted molar refractivity (Wildman–Crippen MR) is 78.1 cm³/mol. The van der Waals surface area contributed by atoms with Gasteiger partial charge in [0.25, 0.3) is 0 Å². The molecule has 1 N–H and O–H groups in total. The van der Waals surface area contributed by atoms with Crippen molar-refractivity contribution in [2.24, 2.45) is 5.92 Å². The first-order valence-electron chi connectivity index (χ1n) is 5.65. The Morgan fingerprint density at radius 2 is 2.06 bits per heavy atom. The summed E-state index contributed by atoms with van der Waals surface area (Å²) in [6.07, 6.45) is 1.11. The number of anilines is 1. The normalized spacial score (nSPS) is 10.9. The van der Waals surface area contributed by atoms with Gasteiger partial charge in [-0.3, -0.25) is 0 Å². The lowest BCUT2D eigenvalue weighted by Gasteiger charge is -2.19. The third-order valence-corrected chi connectivity index (χ3v) is 3.59. The number of aliphatic hydroxyl groups excluding tert-OH is 1. The van der Waals surface area contributed by atoms with E-state index in [4.69, 9.17) is 5.11 Å². The van der Waals surface area contributed by atoms with Crippen molar-refractivity contribution in [3.05, 3.63) is 27.3 Å². The molecule has 0 aromatic heterocycles. The van der Waals surface area contributed by atoms with Crippen LogP contribution in [0.15, 0.2) is 18.2 Å². The Balaban J connectivity index is 2.88. The van der Waals surface area contributed by atoms with E-state index in [9.17, 15) is 0 Å². The maximum atomic E-state index is 8.92. The molecule has 0 fully saturated rings. The second-order valence-electron chi connectivity index (χ2n) is 4.52. The summed E-state index contributed by atoms with van der Waals surface area (Å²) >= 11 is 2.39. The fraction of sp³-hybridized carbons (Fsp3) is 0.538. The molecule has 0 aliphatic carbocycles. The summed E-state index contributed by atoms with van der Waals surface area (Å²) in [5.41, 5.74) is 2.59. The van der Waals surface area contributed by atoms with Crippen LogP contribution in [0.3, 0.4) is 0 Å². The SMILES string of the molecule is CC(C)Cc1cc(N(C)CCO)ccc1I. The lowest BCUT2D eigenvalue weighted by Crippen LogP contribution is -2.21. The molecule has 16 heavy (non-hydrogen) atoms. The van der Waals surface area contributed by atoms with E-state index in [1.165, 1.54) is 14.8 Å². The summed E-state index contributed by atoms with van der Waals surface area (Å²) in [5.74, 6) is 0.673. The molecule has 0 aliphatic rings. The molecular weight excluding hydrogens is 313 g/mol. The van der Waals surface area contributed by atoms with E-state index in [1.54, 1.807) is 0 Å². The van der Waals surface area contributed by atoms with Gasteiger partial charge in [-0.1, -0.05) is 13.8 Å². The summed E-state index contributed by atoms with van der Waals surface area (Å²) in [4.78, 5) is 2.08. The number of hydrogen-bond donors (Lipinski definition) is 1. The molecule has 0 heterocycles. The fourth-order valence-corrected chi connectivity index (χ4v) is 2.23. The summed E-state index contributed by atoms with van der Waals surface area (Å²) < 4.78 is 1.33. The van der Waals surface area contributed by atoms with Crippen molar-refractivity contribution in [3.8, 4) is 0 Å². The van der Waals surface area contributed by atoms with Crippen molar-refractivity contribution in [2.45, 2.75) is 20.3 Å². The molecule has 0 spiro atoms. The van der Waals surface area contributed by atoms with Gasteiger partial charge in [0, 0.05) is 22.8 Å². The highest BCUT2D eigenvalue weighted by atomic mass is 127. The van der Waals surface area contributed by atoms with E-state index < -0.39 is 0 Å². The zero-order chi connectivity index (χ0) is 12.1. The predicted octanol–water partition coefficient (Wildman–Crippen LogP) is 2.92. The maximum Gasteiger partial charge on any atom is 0.0606 e. The van der Waals surface area contributed by atoms with Crippen LogP contribution in [0.4, 0.5) is 5.69 Å². The van der Waals surface area contributed by atoms with E-state index in [1.807, 2.05) is 7.05 Å². The Morgan fingerprint density at radius 1 is 1.38 bits per heavy atom. The van der Waals surface area contributed by atoms with Gasteiger partial charge in [0.1, 0.15) is 0 Å². The van der Waals surface area contributed by atoms with Crippen LogP contribution in [0.2, 0.25) is 0 Å². The van der Waals surface area contributed by atoms with Crippen LogP contribution in [0.25, 0.3) is 0 Å². The summed E-state index contributed by atoms with van der Waals surface area (Å²) in [6.45, 7) is 5.35. The van der Waals surface area contributed by atoms with Crippen molar-refractivity contribution in [1.82, 2.24) is 0 Å². The molecular formula is C13H20INO. The minimum atomic E-state index is 0.196. The van der Waals surface area contributed by atoms with Gasteiger partial charge < -0.3 is 10.0 Å². The van der Waals surface area contributed by atoms with Gasteiger partial charge in [0.2, 0.25) is 0 Å². The zero-order valence-electron chi connectivity index (χ0n) is 10.2. The van der Waals surface area contributed by atoms with Crippen LogP contribution in [0.1, 0.15) is 19.4 Å². The fourth-order valence-electron chi connectivity index (χ4n) is 1.67. The Bertz CT molecular complexity index is 339. The van der Waals surface area contributed by atoms with E-state index in [0.717, 1.165) is 6.42 Å². The maximum absolute atomic E-state index is 8.92. The highest BCUT2D eigenvalue weighted by Gasteiger charge is 2.06. The molecule has 1 aromatic rings. The molecule has 2 nitrogen and oxygen atoms in total. The molecule has 3 heteroatoms. The first kappa shape index (κ1) is 13.8. The number of benzene rings is 1. The molecule has 0 atom stereocenters. The van der Waals surface area contributed by atoms with Gasteiger partial charge >= 0.3 is 0 Å². The number of halogens is 1. The van der Waals surface area contributed by atoms with Crippen molar-refractivity contribution in [3.63, 3.8) is 0 Å². The third-order valence-electron chi connectivity index (χ3n) is 2.53. The van der Waals surface area contributed by atoms with E-state index in [-0.39, 0.29) is 6.61 Å². The van der Waals surface area contributed by atoms with Crippen molar-refractivity contribution < 1.29 is 5.11 Å². The Kier molecular flexibility index (Phi) is 5.55. The van der Waals surface area contributed by atoms with Gasteiger partial charge in [-0.05, 0) is 58.7 Å². The topological polar surface area (TPSA) is 23.5 Å². The van der Waals surface area contributed by atoms with Crippen LogP contribution in [-0.2, 0) is 6.42 Å². The molecule has 1 rings (SSSR count). The Hall–Kier alpha value is -0.290. The summed E-state index contributed by atoms with van der Waals surface area (Å²) in [5, 5.41) is 8.92. The van der Waals surface area contributed by atoms with Crippen molar-refractivity contribution in [2.75, 3.05) is 25.1 Å². The number of rotatable bonds is 5. The van der Waals surface area contributed by atoms with E-state index in [2.05, 4.69) is 59.5 Å². The molecule has 1 aromatic carbocycles. The lowest BCUT2D eigenvalue weighted by atomic mass is 10.0. The van der Waals surface area contributed by atoms with Gasteiger partial charge in [0.15, 0.2) is 0 Å². The van der Waals surface area contributed by atoms with Crippen LogP contribution in [0.5, 0.6) is 0 Å². The molecule has 0 amide bonds. The van der Waals surface area contributed by atoms with Gasteiger partial charge in [0.05, 0.1) is 6.61 Å². The highest BCUT2D eigenvalue weighted by Crippen LogP contribution is 2.22. The van der Waals surface area contributed by atoms with Gasteiger partial charge in [-0.15, -0.1) is 0 Å². The van der Waals surface area contributed by atoms with Crippen molar-refractivity contribution in [1.29, 1.82) is 0 Å². The number of hydrogen-bond acceptors (Lipinski definition) is 2. The summed E-state index contributed by atoms with van der Waals surface area (Å²) in [7, 11) is 2.01. The number of nitrogens with zero attached hydrogens (tertiary/aromatic N) is 1. The third kappa shape index (κ3) is 3.94. The van der Waals surface area contributed by atoms with Gasteiger partial charge in [-0.25, -0.2) is 0 Å².